The Hall–Kier alpha value is -4.36. The van der Waals surface area contributed by atoms with Crippen LogP contribution in [0.15, 0.2) is 0 Å². The van der Waals surface area contributed by atoms with Crippen molar-refractivity contribution in [2.45, 2.75) is 258 Å². The van der Waals surface area contributed by atoms with Crippen LogP contribution in [0.2, 0.25) is 0 Å². The predicted molar refractivity (Wildman–Crippen MR) is 330 cm³/mol. The molecule has 19 nitrogen and oxygen atoms in total. The maximum atomic E-state index is 12.7. The number of carbonyl (C=O) groups is 8. The van der Waals surface area contributed by atoms with Crippen LogP contribution in [-0.2, 0) is 47.8 Å². The summed E-state index contributed by atoms with van der Waals surface area (Å²) in [7, 11) is 0. The van der Waals surface area contributed by atoms with Crippen molar-refractivity contribution < 1.29 is 47.8 Å². The van der Waals surface area contributed by atoms with Gasteiger partial charge in [-0.2, -0.15) is 0 Å². The molecule has 0 saturated carbocycles. The number of amides is 8. The molecule has 0 aromatic rings. The molecule has 0 aliphatic heterocycles. The van der Waals surface area contributed by atoms with Crippen LogP contribution in [0, 0.1) is 0 Å². The van der Waals surface area contributed by atoms with E-state index in [1.807, 2.05) is 0 Å². The van der Waals surface area contributed by atoms with Crippen LogP contribution in [0.4, 0.5) is 0 Å². The summed E-state index contributed by atoms with van der Waals surface area (Å²) in [5.74, 6) is -2.04. The maximum absolute atomic E-state index is 12.7. The van der Waals surface area contributed by atoms with Crippen molar-refractivity contribution in [3.63, 3.8) is 0 Å². The molecule has 478 valence electrons. The zero-order chi connectivity index (χ0) is 60.4. The Morgan fingerprint density at radius 2 is 0.610 bits per heavy atom. The van der Waals surface area contributed by atoms with E-state index in [0.717, 1.165) is 32.1 Å². The van der Waals surface area contributed by atoms with E-state index >= 15 is 0 Å². The third-order valence-corrected chi connectivity index (χ3v) is 14.9. The van der Waals surface area contributed by atoms with Gasteiger partial charge in [-0.05, 0) is 12.8 Å². The molecular formula is C63H121N9O10. The minimum absolute atomic E-state index is 0.00110. The minimum atomic E-state index is -0.545. The Morgan fingerprint density at radius 1 is 0.329 bits per heavy atom. The summed E-state index contributed by atoms with van der Waals surface area (Å²) in [5, 5.41) is 11.2. The lowest BCUT2D eigenvalue weighted by Gasteiger charge is -2.24. The average molecular weight is 1160 g/mol. The standard InChI is InChI=1S/C63H121N9O10/c1-4-61(78)70(52-56(65)73)46-43-67-57(74)40-38-36-34-32-30-28-26-24-22-20-18-16-14-12-10-8-7-9-11-13-15-17-19-21-23-25-27-29-31-33-35-37-39-42-66-58(75)53-71(62(79)5-2)47-44-68-59(76)54-72(63(80)6-3)48-45-69-60(77)55-82-51-50-81-49-41-64/h4-55,64H2,1-3H3,(H2,65,73)(H,66,75)(H,67,74)(H,68,76)(H,69,77). The number of nitrogens with two attached hydrogens (primary N) is 2. The zero-order valence-corrected chi connectivity index (χ0v) is 52.3. The smallest absolute Gasteiger partial charge is 0.246 e. The molecule has 8 amide bonds. The van der Waals surface area contributed by atoms with Crippen molar-refractivity contribution in [3.8, 4) is 0 Å². The highest BCUT2D eigenvalue weighted by atomic mass is 16.5. The van der Waals surface area contributed by atoms with E-state index in [9.17, 15) is 38.4 Å². The Labute approximate surface area is 497 Å². The molecule has 0 bridgehead atoms. The summed E-state index contributed by atoms with van der Waals surface area (Å²) in [6, 6.07) is 0. The lowest BCUT2D eigenvalue weighted by atomic mass is 10.0. The Balaban J connectivity index is 3.64. The van der Waals surface area contributed by atoms with Gasteiger partial charge in [0.25, 0.3) is 0 Å². The molecule has 0 fully saturated rings. The molecular weight excluding hydrogens is 1040 g/mol. The molecule has 0 aromatic heterocycles. The number of hydrogen-bond acceptors (Lipinski definition) is 11. The van der Waals surface area contributed by atoms with Gasteiger partial charge in [0.2, 0.25) is 47.3 Å². The van der Waals surface area contributed by atoms with Gasteiger partial charge < -0.3 is 56.9 Å². The van der Waals surface area contributed by atoms with Crippen molar-refractivity contribution in [1.82, 2.24) is 36.0 Å². The van der Waals surface area contributed by atoms with Crippen LogP contribution >= 0.6 is 0 Å². The van der Waals surface area contributed by atoms with Gasteiger partial charge in [-0.3, -0.25) is 38.4 Å². The van der Waals surface area contributed by atoms with E-state index in [1.54, 1.807) is 20.8 Å². The van der Waals surface area contributed by atoms with Gasteiger partial charge >= 0.3 is 0 Å². The topological polar surface area (TPSA) is 265 Å². The number of nitrogens with one attached hydrogen (secondary N) is 4. The highest BCUT2D eigenvalue weighted by Crippen LogP contribution is 2.17. The van der Waals surface area contributed by atoms with Crippen LogP contribution in [0.3, 0.4) is 0 Å². The first-order valence-electron chi connectivity index (χ1n) is 32.9. The zero-order valence-electron chi connectivity index (χ0n) is 52.3. The van der Waals surface area contributed by atoms with Crippen molar-refractivity contribution in [3.05, 3.63) is 0 Å². The van der Waals surface area contributed by atoms with E-state index in [2.05, 4.69) is 21.3 Å². The van der Waals surface area contributed by atoms with Crippen molar-refractivity contribution in [2.24, 2.45) is 11.5 Å². The summed E-state index contributed by atoms with van der Waals surface area (Å²) < 4.78 is 10.5. The molecule has 0 aliphatic rings. The van der Waals surface area contributed by atoms with Gasteiger partial charge in [-0.25, -0.2) is 0 Å². The van der Waals surface area contributed by atoms with Crippen LogP contribution < -0.4 is 32.7 Å². The van der Waals surface area contributed by atoms with Crippen molar-refractivity contribution >= 4 is 47.3 Å². The van der Waals surface area contributed by atoms with Crippen LogP contribution in [0.25, 0.3) is 0 Å². The van der Waals surface area contributed by atoms with Gasteiger partial charge in [0, 0.05) is 78.0 Å². The first kappa shape index (κ1) is 77.6. The van der Waals surface area contributed by atoms with E-state index in [0.29, 0.717) is 52.2 Å². The van der Waals surface area contributed by atoms with E-state index < -0.39 is 11.8 Å². The Bertz CT molecular complexity index is 1630. The Morgan fingerprint density at radius 3 is 0.939 bits per heavy atom. The van der Waals surface area contributed by atoms with E-state index in [-0.39, 0.29) is 107 Å². The monoisotopic (exact) mass is 1160 g/mol. The molecule has 19 heteroatoms. The fourth-order valence-corrected chi connectivity index (χ4v) is 9.91. The lowest BCUT2D eigenvalue weighted by Crippen LogP contribution is -2.47. The highest BCUT2D eigenvalue weighted by molar-refractivity contribution is 5.86. The second-order valence-corrected chi connectivity index (χ2v) is 22.2. The number of nitrogens with zero attached hydrogens (tertiary/aromatic N) is 3. The number of carbonyl (C=O) groups excluding carboxylic acids is 8. The molecule has 0 atom stereocenters. The van der Waals surface area contributed by atoms with E-state index in [1.165, 1.54) is 194 Å². The van der Waals surface area contributed by atoms with Crippen molar-refractivity contribution in [2.75, 3.05) is 98.4 Å². The van der Waals surface area contributed by atoms with Gasteiger partial charge in [-0.15, -0.1) is 0 Å². The second-order valence-electron chi connectivity index (χ2n) is 22.2. The minimum Gasteiger partial charge on any atom is -0.378 e. The highest BCUT2D eigenvalue weighted by Gasteiger charge is 2.19. The summed E-state index contributed by atoms with van der Waals surface area (Å²) >= 11 is 0. The molecule has 0 heterocycles. The summed E-state index contributed by atoms with van der Waals surface area (Å²) in [4.78, 5) is 102. The largest absolute Gasteiger partial charge is 0.378 e. The molecule has 0 rings (SSSR count). The fraction of sp³-hybridized carbons (Fsp3) is 0.873. The molecule has 0 unspecified atom stereocenters. The van der Waals surface area contributed by atoms with Crippen LogP contribution in [0.5, 0.6) is 0 Å². The normalized spacial score (nSPS) is 11.1. The van der Waals surface area contributed by atoms with Crippen molar-refractivity contribution in [1.29, 1.82) is 0 Å². The lowest BCUT2D eigenvalue weighted by molar-refractivity contribution is -0.137. The Kier molecular flexibility index (Phi) is 55.3. The molecule has 0 radical (unpaired) electrons. The molecule has 0 saturated heterocycles. The SMILES string of the molecule is CCC(=O)N(CCNC(=O)CCCCCCCCCCCCCCCCCCCCCCCCCCCCCCCCCCCNC(=O)CN(CCNC(=O)CN(CCNC(=O)COCCOCCN)C(=O)CC)C(=O)CC)CC(N)=O. The number of ether oxygens (including phenoxy) is 2. The summed E-state index contributed by atoms with van der Waals surface area (Å²) in [6.07, 6.45) is 44.2. The third-order valence-electron chi connectivity index (χ3n) is 14.9. The van der Waals surface area contributed by atoms with Gasteiger partial charge in [0.15, 0.2) is 0 Å². The summed E-state index contributed by atoms with van der Waals surface area (Å²) in [6.45, 7) is 7.92. The second kappa shape index (κ2) is 58.4. The van der Waals surface area contributed by atoms with E-state index in [4.69, 9.17) is 20.9 Å². The van der Waals surface area contributed by atoms with Crippen LogP contribution in [-0.4, -0.2) is 160 Å². The number of primary amides is 1. The van der Waals surface area contributed by atoms with Crippen LogP contribution in [0.1, 0.15) is 258 Å². The fourth-order valence-electron chi connectivity index (χ4n) is 9.91. The van der Waals surface area contributed by atoms with Gasteiger partial charge in [0.05, 0.1) is 39.5 Å². The number of hydrogen-bond donors (Lipinski definition) is 6. The molecule has 0 aromatic carbocycles. The first-order chi connectivity index (χ1) is 39.9. The molecule has 8 N–H and O–H groups in total. The average Bonchev–Trinajstić information content (AvgIpc) is 3.46. The molecule has 0 spiro atoms. The van der Waals surface area contributed by atoms with Gasteiger partial charge in [0.1, 0.15) is 6.61 Å². The number of unbranched alkanes of at least 4 members (excludes halogenated alkanes) is 32. The summed E-state index contributed by atoms with van der Waals surface area (Å²) in [5.41, 5.74) is 10.6. The quantitative estimate of drug-likeness (QED) is 0.0313. The predicted octanol–water partition coefficient (Wildman–Crippen LogP) is 8.91. The maximum Gasteiger partial charge on any atom is 0.246 e. The molecule has 82 heavy (non-hydrogen) atoms. The first-order valence-corrected chi connectivity index (χ1v) is 32.9. The third kappa shape index (κ3) is 51.3. The van der Waals surface area contributed by atoms with Gasteiger partial charge in [-0.1, -0.05) is 220 Å². The molecule has 0 aliphatic carbocycles. The number of rotatable bonds is 61.